The number of pyridine rings is 1. The molecule has 0 aliphatic rings. The Labute approximate surface area is 118 Å². The van der Waals surface area contributed by atoms with Crippen molar-refractivity contribution in [2.75, 3.05) is 18.5 Å². The lowest BCUT2D eigenvalue weighted by Crippen LogP contribution is -2.18. The van der Waals surface area contributed by atoms with E-state index in [4.69, 9.17) is 0 Å². The van der Waals surface area contributed by atoms with Crippen LogP contribution in [0.15, 0.2) is 23.7 Å². The van der Waals surface area contributed by atoms with E-state index in [1.54, 1.807) is 11.3 Å². The van der Waals surface area contributed by atoms with E-state index in [-0.39, 0.29) is 0 Å². The molecule has 0 aliphatic heterocycles. The quantitative estimate of drug-likeness (QED) is 0.880. The Morgan fingerprint density at radius 2 is 2.21 bits per heavy atom. The second-order valence-electron chi connectivity index (χ2n) is 4.52. The Bertz CT molecular complexity index is 506. The highest BCUT2D eigenvalue weighted by Gasteiger charge is 2.06. The first-order valence-electron chi connectivity index (χ1n) is 6.47. The molecule has 1 N–H and O–H groups in total. The predicted octanol–water partition coefficient (Wildman–Crippen LogP) is 2.59. The first kappa shape index (κ1) is 14.0. The third-order valence-electron chi connectivity index (χ3n) is 2.85. The molecule has 2 rings (SSSR count). The Morgan fingerprint density at radius 1 is 1.37 bits per heavy atom. The molecule has 19 heavy (non-hydrogen) atoms. The smallest absolute Gasteiger partial charge is 0.128 e. The third kappa shape index (κ3) is 4.01. The Hall–Kier alpha value is -1.46. The van der Waals surface area contributed by atoms with Gasteiger partial charge in [0, 0.05) is 25.2 Å². The van der Waals surface area contributed by atoms with E-state index in [0.29, 0.717) is 0 Å². The molecule has 2 heterocycles. The van der Waals surface area contributed by atoms with Gasteiger partial charge in [0.2, 0.25) is 0 Å². The fourth-order valence-electron chi connectivity index (χ4n) is 1.82. The van der Waals surface area contributed by atoms with Crippen molar-refractivity contribution in [3.05, 3.63) is 40.0 Å². The summed E-state index contributed by atoms with van der Waals surface area (Å²) < 4.78 is 0. The van der Waals surface area contributed by atoms with Crippen LogP contribution in [0, 0.1) is 6.92 Å². The second kappa shape index (κ2) is 6.63. The van der Waals surface area contributed by atoms with Gasteiger partial charge >= 0.3 is 0 Å². The third-order valence-corrected chi connectivity index (χ3v) is 3.67. The van der Waals surface area contributed by atoms with Gasteiger partial charge in [0.1, 0.15) is 5.82 Å². The van der Waals surface area contributed by atoms with Crippen molar-refractivity contribution in [2.24, 2.45) is 0 Å². The molecule has 102 valence electrons. The van der Waals surface area contributed by atoms with Gasteiger partial charge in [0.05, 0.1) is 17.2 Å². The number of thiazole rings is 1. The van der Waals surface area contributed by atoms with E-state index >= 15 is 0 Å². The van der Waals surface area contributed by atoms with Crippen molar-refractivity contribution >= 4 is 17.2 Å². The zero-order chi connectivity index (χ0) is 13.7. The number of anilines is 1. The maximum Gasteiger partial charge on any atom is 0.128 e. The fourth-order valence-corrected chi connectivity index (χ4v) is 2.43. The van der Waals surface area contributed by atoms with Gasteiger partial charge in [-0.2, -0.15) is 0 Å². The number of aromatic nitrogens is 2. The summed E-state index contributed by atoms with van der Waals surface area (Å²) in [4.78, 5) is 11.1. The molecule has 0 radical (unpaired) electrons. The van der Waals surface area contributed by atoms with Crippen molar-refractivity contribution in [3.63, 3.8) is 0 Å². The summed E-state index contributed by atoms with van der Waals surface area (Å²) >= 11 is 1.69. The summed E-state index contributed by atoms with van der Waals surface area (Å²) in [5.74, 6) is 0.978. The van der Waals surface area contributed by atoms with E-state index in [2.05, 4.69) is 44.6 Å². The van der Waals surface area contributed by atoms with Crippen LogP contribution in [0.25, 0.3) is 0 Å². The van der Waals surface area contributed by atoms with Crippen LogP contribution in [0.5, 0.6) is 0 Å². The van der Waals surface area contributed by atoms with Crippen LogP contribution >= 0.6 is 11.3 Å². The van der Waals surface area contributed by atoms with Crippen LogP contribution in [0.4, 0.5) is 5.82 Å². The minimum absolute atomic E-state index is 0.796. The topological polar surface area (TPSA) is 41.0 Å². The molecule has 0 spiro atoms. The average Bonchev–Trinajstić information content (AvgIpc) is 2.82. The molecule has 2 aromatic rings. The molecule has 0 amide bonds. The molecular weight excluding hydrogens is 256 g/mol. The molecule has 0 aliphatic carbocycles. The largest absolute Gasteiger partial charge is 0.354 e. The fraction of sp³-hybridized carbons (Fsp3) is 0.429. The van der Waals surface area contributed by atoms with Gasteiger partial charge in [-0.1, -0.05) is 13.0 Å². The molecule has 0 saturated carbocycles. The van der Waals surface area contributed by atoms with Crippen molar-refractivity contribution in [2.45, 2.75) is 26.9 Å². The summed E-state index contributed by atoms with van der Waals surface area (Å²) in [6.45, 7) is 6.78. The van der Waals surface area contributed by atoms with E-state index in [9.17, 15) is 0 Å². The standard InChI is InChI=1S/C14H20N4S/c1-4-15-7-12-5-6-14(16-8-12)18(3)9-13-10-19-11(2)17-13/h5-6,8,10,15H,4,7,9H2,1-3H3. The van der Waals surface area contributed by atoms with Crippen molar-refractivity contribution in [3.8, 4) is 0 Å². The lowest BCUT2D eigenvalue weighted by Gasteiger charge is -2.17. The first-order chi connectivity index (χ1) is 9.19. The van der Waals surface area contributed by atoms with E-state index in [0.717, 1.165) is 36.2 Å². The minimum Gasteiger partial charge on any atom is -0.354 e. The molecule has 2 aromatic heterocycles. The number of rotatable bonds is 6. The zero-order valence-corrected chi connectivity index (χ0v) is 12.5. The van der Waals surface area contributed by atoms with Gasteiger partial charge in [-0.05, 0) is 25.1 Å². The second-order valence-corrected chi connectivity index (χ2v) is 5.58. The molecular formula is C14H20N4S. The minimum atomic E-state index is 0.796. The van der Waals surface area contributed by atoms with Gasteiger partial charge < -0.3 is 10.2 Å². The Kier molecular flexibility index (Phi) is 4.87. The highest BCUT2D eigenvalue weighted by atomic mass is 32.1. The van der Waals surface area contributed by atoms with E-state index < -0.39 is 0 Å². The lowest BCUT2D eigenvalue weighted by molar-refractivity contribution is 0.723. The molecule has 4 nitrogen and oxygen atoms in total. The van der Waals surface area contributed by atoms with E-state index in [1.807, 2.05) is 20.2 Å². The van der Waals surface area contributed by atoms with Crippen molar-refractivity contribution in [1.29, 1.82) is 0 Å². The van der Waals surface area contributed by atoms with Crippen molar-refractivity contribution in [1.82, 2.24) is 15.3 Å². The van der Waals surface area contributed by atoms with E-state index in [1.165, 1.54) is 5.56 Å². The average molecular weight is 276 g/mol. The van der Waals surface area contributed by atoms with Gasteiger partial charge in [0.25, 0.3) is 0 Å². The van der Waals surface area contributed by atoms with Gasteiger partial charge in [0.15, 0.2) is 0 Å². The molecule has 0 fully saturated rings. The maximum atomic E-state index is 4.50. The Morgan fingerprint density at radius 3 is 2.79 bits per heavy atom. The molecule has 0 atom stereocenters. The van der Waals surface area contributed by atoms with Gasteiger partial charge in [-0.3, -0.25) is 0 Å². The number of nitrogens with zero attached hydrogens (tertiary/aromatic N) is 3. The Balaban J connectivity index is 1.97. The predicted molar refractivity (Wildman–Crippen MR) is 80.6 cm³/mol. The van der Waals surface area contributed by atoms with Crippen LogP contribution in [0.1, 0.15) is 23.2 Å². The summed E-state index contributed by atoms with van der Waals surface area (Å²) in [6.07, 6.45) is 1.93. The van der Waals surface area contributed by atoms with Crippen molar-refractivity contribution < 1.29 is 0 Å². The maximum absolute atomic E-state index is 4.50. The summed E-state index contributed by atoms with van der Waals surface area (Å²) in [7, 11) is 2.04. The summed E-state index contributed by atoms with van der Waals surface area (Å²) in [5.41, 5.74) is 2.31. The highest BCUT2D eigenvalue weighted by Crippen LogP contribution is 2.15. The first-order valence-corrected chi connectivity index (χ1v) is 7.34. The number of hydrogen-bond donors (Lipinski definition) is 1. The van der Waals surface area contributed by atoms with Crippen LogP contribution in [0.2, 0.25) is 0 Å². The zero-order valence-electron chi connectivity index (χ0n) is 11.7. The van der Waals surface area contributed by atoms with Crippen LogP contribution < -0.4 is 10.2 Å². The van der Waals surface area contributed by atoms with Crippen LogP contribution in [-0.4, -0.2) is 23.6 Å². The summed E-state index contributed by atoms with van der Waals surface area (Å²) in [6, 6.07) is 4.18. The lowest BCUT2D eigenvalue weighted by atomic mass is 10.2. The number of nitrogens with one attached hydrogen (secondary N) is 1. The number of hydrogen-bond acceptors (Lipinski definition) is 5. The normalized spacial score (nSPS) is 10.7. The highest BCUT2D eigenvalue weighted by molar-refractivity contribution is 7.09. The molecule has 5 heteroatoms. The SMILES string of the molecule is CCNCc1ccc(N(C)Cc2csc(C)n2)nc1. The monoisotopic (exact) mass is 276 g/mol. The number of aryl methyl sites for hydroxylation is 1. The molecule has 0 bridgehead atoms. The summed E-state index contributed by atoms with van der Waals surface area (Å²) in [5, 5.41) is 6.50. The van der Waals surface area contributed by atoms with Crippen LogP contribution in [-0.2, 0) is 13.1 Å². The molecule has 0 saturated heterocycles. The van der Waals surface area contributed by atoms with Gasteiger partial charge in [-0.15, -0.1) is 11.3 Å². The van der Waals surface area contributed by atoms with Gasteiger partial charge in [-0.25, -0.2) is 9.97 Å². The molecule has 0 unspecified atom stereocenters. The van der Waals surface area contributed by atoms with Crippen LogP contribution in [0.3, 0.4) is 0 Å². The molecule has 0 aromatic carbocycles.